The summed E-state index contributed by atoms with van der Waals surface area (Å²) in [7, 11) is 0. The second-order valence-corrected chi connectivity index (χ2v) is 9.60. The molecule has 3 amide bonds. The van der Waals surface area contributed by atoms with Crippen molar-refractivity contribution in [2.75, 3.05) is 36.0 Å². The van der Waals surface area contributed by atoms with Gasteiger partial charge in [0.15, 0.2) is 0 Å². The van der Waals surface area contributed by atoms with Crippen molar-refractivity contribution in [3.8, 4) is 0 Å². The lowest BCUT2D eigenvalue weighted by atomic mass is 10.1. The molecule has 0 spiro atoms. The number of carbonyl (C=O) groups excluding carboxylic acids is 2. The lowest BCUT2D eigenvalue weighted by molar-refractivity contribution is 0.0201. The van der Waals surface area contributed by atoms with Crippen LogP contribution in [-0.2, 0) is 4.74 Å². The van der Waals surface area contributed by atoms with Gasteiger partial charge in [0.1, 0.15) is 17.2 Å². The molecule has 182 valence electrons. The van der Waals surface area contributed by atoms with Gasteiger partial charge in [-0.15, -0.1) is 0 Å². The number of halogens is 2. The molecule has 0 aliphatic carbocycles. The topological polar surface area (TPSA) is 65.1 Å². The number of hydrogen-bond acceptors (Lipinski definition) is 4. The largest absolute Gasteiger partial charge is 0.444 e. The molecule has 4 rings (SSSR count). The van der Waals surface area contributed by atoms with Gasteiger partial charge < -0.3 is 19.9 Å². The van der Waals surface area contributed by atoms with E-state index < -0.39 is 11.4 Å². The molecule has 2 aromatic carbocycles. The molecule has 0 saturated carbocycles. The number of likely N-dealkylation sites (tertiary alicyclic amines) is 1. The van der Waals surface area contributed by atoms with E-state index in [4.69, 9.17) is 4.74 Å². The highest BCUT2D eigenvalue weighted by molar-refractivity contribution is 5.98. The van der Waals surface area contributed by atoms with Crippen molar-refractivity contribution < 1.29 is 23.1 Å². The molecule has 0 bridgehead atoms. The first-order valence-electron chi connectivity index (χ1n) is 11.5. The Bertz CT molecular complexity index is 1050. The van der Waals surface area contributed by atoms with Crippen molar-refractivity contribution in [1.82, 2.24) is 10.2 Å². The third kappa shape index (κ3) is 5.40. The molecule has 0 aromatic heterocycles. The maximum absolute atomic E-state index is 14.1. The van der Waals surface area contributed by atoms with E-state index in [0.29, 0.717) is 50.4 Å². The lowest BCUT2D eigenvalue weighted by Gasteiger charge is -2.39. The third-order valence-corrected chi connectivity index (χ3v) is 5.92. The number of piperidine rings is 1. The monoisotopic (exact) mass is 472 g/mol. The molecular formula is C25H30F2N4O3. The normalized spacial score (nSPS) is 16.8. The maximum Gasteiger partial charge on any atom is 0.410 e. The third-order valence-electron chi connectivity index (χ3n) is 5.92. The quantitative estimate of drug-likeness (QED) is 0.666. The van der Waals surface area contributed by atoms with Gasteiger partial charge in [-0.05, 0) is 76.1 Å². The molecule has 2 aliphatic heterocycles. The first-order chi connectivity index (χ1) is 16.1. The number of anilines is 3. The zero-order valence-corrected chi connectivity index (χ0v) is 19.7. The lowest BCUT2D eigenvalue weighted by Crippen LogP contribution is -2.53. The van der Waals surface area contributed by atoms with Crippen LogP contribution in [0.5, 0.6) is 0 Å². The summed E-state index contributed by atoms with van der Waals surface area (Å²) in [4.78, 5) is 30.6. The Morgan fingerprint density at radius 3 is 2.21 bits per heavy atom. The summed E-state index contributed by atoms with van der Waals surface area (Å²) in [5, 5.41) is 3.06. The van der Waals surface area contributed by atoms with Crippen LogP contribution >= 0.6 is 0 Å². The van der Waals surface area contributed by atoms with Crippen LogP contribution < -0.4 is 15.1 Å². The highest BCUT2D eigenvalue weighted by Gasteiger charge is 2.31. The number of carbonyl (C=O) groups is 2. The Balaban J connectivity index is 1.42. The van der Waals surface area contributed by atoms with Crippen LogP contribution in [0.1, 0.15) is 33.6 Å². The molecule has 9 heteroatoms. The minimum atomic E-state index is -0.551. The molecule has 0 atom stereocenters. The Morgan fingerprint density at radius 1 is 0.912 bits per heavy atom. The number of amides is 3. The second-order valence-electron chi connectivity index (χ2n) is 9.60. The van der Waals surface area contributed by atoms with Crippen LogP contribution in [0.15, 0.2) is 42.5 Å². The second kappa shape index (κ2) is 9.48. The average Bonchev–Trinajstić information content (AvgIpc) is 2.78. The van der Waals surface area contributed by atoms with Gasteiger partial charge in [-0.3, -0.25) is 4.90 Å². The summed E-state index contributed by atoms with van der Waals surface area (Å²) in [5.41, 5.74) is 1.31. The predicted molar refractivity (Wildman–Crippen MR) is 127 cm³/mol. The summed E-state index contributed by atoms with van der Waals surface area (Å²) in [6.07, 6.45) is 0.901. The number of ether oxygens (including phenoxy) is 1. The van der Waals surface area contributed by atoms with Gasteiger partial charge in [0.25, 0.3) is 0 Å². The van der Waals surface area contributed by atoms with E-state index in [1.807, 2.05) is 25.7 Å². The van der Waals surface area contributed by atoms with Gasteiger partial charge in [-0.25, -0.2) is 18.4 Å². The summed E-state index contributed by atoms with van der Waals surface area (Å²) in [5.74, 6) is -0.762. The molecule has 1 N–H and O–H groups in total. The average molecular weight is 473 g/mol. The number of rotatable bonds is 2. The number of hydrogen-bond donors (Lipinski definition) is 1. The molecule has 1 fully saturated rings. The fraction of sp³-hybridized carbons (Fsp3) is 0.440. The van der Waals surface area contributed by atoms with E-state index in [1.165, 1.54) is 24.3 Å². The van der Waals surface area contributed by atoms with Gasteiger partial charge in [0.05, 0.1) is 11.4 Å². The van der Waals surface area contributed by atoms with Crippen LogP contribution in [0, 0.1) is 11.6 Å². The van der Waals surface area contributed by atoms with Crippen LogP contribution in [0.4, 0.5) is 35.4 Å². The van der Waals surface area contributed by atoms with E-state index in [-0.39, 0.29) is 24.0 Å². The van der Waals surface area contributed by atoms with Crippen molar-refractivity contribution in [3.05, 3.63) is 54.1 Å². The molecule has 34 heavy (non-hydrogen) atoms. The fourth-order valence-electron chi connectivity index (χ4n) is 4.27. The maximum atomic E-state index is 14.1. The van der Waals surface area contributed by atoms with E-state index in [2.05, 4.69) is 5.32 Å². The zero-order chi connectivity index (χ0) is 24.5. The van der Waals surface area contributed by atoms with Crippen molar-refractivity contribution in [2.24, 2.45) is 0 Å². The minimum absolute atomic E-state index is 0.0785. The Hall–Kier alpha value is -3.36. The van der Waals surface area contributed by atoms with E-state index in [0.717, 1.165) is 5.69 Å². The van der Waals surface area contributed by atoms with Gasteiger partial charge >= 0.3 is 12.1 Å². The summed E-state index contributed by atoms with van der Waals surface area (Å²) in [6.45, 7) is 7.32. The number of fused-ring (bicyclic) bond motifs is 1. The van der Waals surface area contributed by atoms with Crippen molar-refractivity contribution in [2.45, 2.75) is 45.3 Å². The summed E-state index contributed by atoms with van der Waals surface area (Å²) in [6, 6.07) is 9.95. The van der Waals surface area contributed by atoms with E-state index in [1.54, 1.807) is 28.0 Å². The Kier molecular flexibility index (Phi) is 6.63. The van der Waals surface area contributed by atoms with Gasteiger partial charge in [-0.2, -0.15) is 0 Å². The Morgan fingerprint density at radius 2 is 1.56 bits per heavy atom. The van der Waals surface area contributed by atoms with Gasteiger partial charge in [0, 0.05) is 37.9 Å². The van der Waals surface area contributed by atoms with Crippen molar-refractivity contribution in [3.63, 3.8) is 0 Å². The number of nitrogens with one attached hydrogen (secondary N) is 1. The van der Waals surface area contributed by atoms with Crippen LogP contribution in [0.25, 0.3) is 0 Å². The van der Waals surface area contributed by atoms with E-state index >= 15 is 0 Å². The SMILES string of the molecule is CC(C)(C)OC(=O)N1CCC(NC(=O)N2CCN(c3ccc(F)cc3)c3cc(F)ccc32)CC1. The Labute approximate surface area is 198 Å². The van der Waals surface area contributed by atoms with Crippen LogP contribution in [0.2, 0.25) is 0 Å². The smallest absolute Gasteiger partial charge is 0.410 e. The van der Waals surface area contributed by atoms with Gasteiger partial charge in [-0.1, -0.05) is 0 Å². The molecule has 2 aromatic rings. The van der Waals surface area contributed by atoms with Crippen molar-refractivity contribution >= 4 is 29.2 Å². The first kappa shape index (κ1) is 23.8. The zero-order valence-electron chi connectivity index (χ0n) is 19.7. The molecule has 0 radical (unpaired) electrons. The fourth-order valence-corrected chi connectivity index (χ4v) is 4.27. The predicted octanol–water partition coefficient (Wildman–Crippen LogP) is 5.03. The standard InChI is InChI=1S/C25H30F2N4O3/c1-25(2,3)34-24(33)29-12-10-19(11-13-29)28-23(32)31-15-14-30(20-7-4-17(26)5-8-20)22-16-18(27)6-9-21(22)31/h4-9,16,19H,10-15H2,1-3H3,(H,28,32). The molecular weight excluding hydrogens is 442 g/mol. The highest BCUT2D eigenvalue weighted by atomic mass is 19.1. The molecule has 2 aliphatic rings. The molecule has 0 unspecified atom stereocenters. The van der Waals surface area contributed by atoms with Crippen LogP contribution in [-0.4, -0.2) is 54.8 Å². The molecule has 1 saturated heterocycles. The van der Waals surface area contributed by atoms with Gasteiger partial charge in [0.2, 0.25) is 0 Å². The molecule has 7 nitrogen and oxygen atoms in total. The number of urea groups is 1. The molecule has 2 heterocycles. The van der Waals surface area contributed by atoms with E-state index in [9.17, 15) is 18.4 Å². The van der Waals surface area contributed by atoms with Crippen LogP contribution in [0.3, 0.4) is 0 Å². The number of benzene rings is 2. The summed E-state index contributed by atoms with van der Waals surface area (Å²) >= 11 is 0. The van der Waals surface area contributed by atoms with Crippen molar-refractivity contribution in [1.29, 1.82) is 0 Å². The first-order valence-corrected chi connectivity index (χ1v) is 11.5. The summed E-state index contributed by atoms with van der Waals surface area (Å²) < 4.78 is 32.9. The minimum Gasteiger partial charge on any atom is -0.444 e. The highest BCUT2D eigenvalue weighted by Crippen LogP contribution is 2.38. The number of nitrogens with zero attached hydrogens (tertiary/aromatic N) is 3.